The summed E-state index contributed by atoms with van der Waals surface area (Å²) in [7, 11) is 0. The number of nitrogens with one attached hydrogen (secondary N) is 1. The number of likely N-dealkylation sites (tertiary alicyclic amines) is 1. The highest BCUT2D eigenvalue weighted by Gasteiger charge is 2.32. The van der Waals surface area contributed by atoms with Crippen molar-refractivity contribution in [1.82, 2.24) is 19.9 Å². The lowest BCUT2D eigenvalue weighted by molar-refractivity contribution is -0.136. The summed E-state index contributed by atoms with van der Waals surface area (Å²) in [5.74, 6) is 1.91. The highest BCUT2D eigenvalue weighted by Crippen LogP contribution is 2.29. The van der Waals surface area contributed by atoms with Gasteiger partial charge in [0.25, 0.3) is 0 Å². The normalized spacial score (nSPS) is 15.6. The number of carbonyl (C=O) groups is 1. The minimum Gasteiger partial charge on any atom is -0.341 e. The van der Waals surface area contributed by atoms with Crippen molar-refractivity contribution in [2.24, 2.45) is 5.73 Å². The van der Waals surface area contributed by atoms with Crippen molar-refractivity contribution in [3.05, 3.63) is 28.7 Å². The number of carbonyl (C=O) groups excluding carboxylic acids is 1. The van der Waals surface area contributed by atoms with Crippen molar-refractivity contribution in [3.63, 3.8) is 0 Å². The summed E-state index contributed by atoms with van der Waals surface area (Å²) >= 11 is 1.67. The lowest BCUT2D eigenvalue weighted by Crippen LogP contribution is -2.53. The van der Waals surface area contributed by atoms with Gasteiger partial charge >= 0.3 is 0 Å². The van der Waals surface area contributed by atoms with E-state index in [1.807, 2.05) is 17.2 Å². The maximum atomic E-state index is 12.4. The summed E-state index contributed by atoms with van der Waals surface area (Å²) in [6.07, 6.45) is 6.65. The van der Waals surface area contributed by atoms with Crippen LogP contribution in [0.3, 0.4) is 0 Å². The van der Waals surface area contributed by atoms with Crippen molar-refractivity contribution in [2.45, 2.75) is 71.3 Å². The average molecular weight is 417 g/mol. The number of nitrogens with two attached hydrogens (primary N) is 1. The summed E-state index contributed by atoms with van der Waals surface area (Å²) < 4.78 is 0. The second-order valence-corrected chi connectivity index (χ2v) is 9.37. The van der Waals surface area contributed by atoms with Crippen molar-refractivity contribution in [1.29, 1.82) is 0 Å². The predicted octanol–water partition coefficient (Wildman–Crippen LogP) is 3.63. The molecule has 29 heavy (non-hydrogen) atoms. The van der Waals surface area contributed by atoms with Crippen molar-refractivity contribution >= 4 is 28.2 Å². The number of amides is 1. The first-order valence-electron chi connectivity index (χ1n) is 10.5. The van der Waals surface area contributed by atoms with Gasteiger partial charge in [0.1, 0.15) is 11.6 Å². The molecule has 8 heteroatoms. The minimum atomic E-state index is -0.826. The molecule has 7 nitrogen and oxygen atoms in total. The molecule has 3 N–H and O–H groups in total. The van der Waals surface area contributed by atoms with E-state index >= 15 is 0 Å². The van der Waals surface area contributed by atoms with Crippen LogP contribution in [0.2, 0.25) is 0 Å². The molecule has 3 rings (SSSR count). The molecular formula is C21H32N6OS. The van der Waals surface area contributed by atoms with Crippen LogP contribution in [0.1, 0.15) is 69.3 Å². The quantitative estimate of drug-likeness (QED) is 0.715. The molecule has 1 amide bonds. The molecule has 0 aromatic carbocycles. The Morgan fingerprint density at radius 1 is 1.31 bits per heavy atom. The fourth-order valence-electron chi connectivity index (χ4n) is 3.53. The summed E-state index contributed by atoms with van der Waals surface area (Å²) in [6.45, 7) is 9.18. The van der Waals surface area contributed by atoms with Gasteiger partial charge in [-0.25, -0.2) is 15.0 Å². The molecule has 0 bridgehead atoms. The number of nitrogens with zero attached hydrogens (tertiary/aromatic N) is 4. The smallest absolute Gasteiger partial charge is 0.242 e. The van der Waals surface area contributed by atoms with E-state index in [2.05, 4.69) is 24.1 Å². The second kappa shape index (κ2) is 9.17. The molecular weight excluding hydrogens is 384 g/mol. The van der Waals surface area contributed by atoms with Crippen molar-refractivity contribution in [2.75, 3.05) is 18.4 Å². The third-order valence-electron chi connectivity index (χ3n) is 5.14. The lowest BCUT2D eigenvalue weighted by atomic mass is 9.94. The van der Waals surface area contributed by atoms with Crippen LogP contribution in [0.5, 0.6) is 0 Å². The second-order valence-electron chi connectivity index (χ2n) is 8.25. The van der Waals surface area contributed by atoms with Crippen LogP contribution in [0, 0.1) is 0 Å². The van der Waals surface area contributed by atoms with E-state index in [1.165, 1.54) is 4.88 Å². The highest BCUT2D eigenvalue weighted by atomic mass is 32.1. The standard InChI is InChI=1S/C21H32N6OS/c1-5-7-16-13-23-20(29-16)26-17-12-15(6-2)24-18(25-17)14-8-10-27(11-9-14)19(28)21(3,4)22/h12-14H,5-11,22H2,1-4H3,(H,23,24,25,26). The van der Waals surface area contributed by atoms with Gasteiger partial charge in [0, 0.05) is 41.8 Å². The predicted molar refractivity (Wildman–Crippen MR) is 118 cm³/mol. The molecule has 158 valence electrons. The SMILES string of the molecule is CCCc1cnc(Nc2cc(CC)nc(C3CCN(C(=O)C(C)(C)N)CC3)n2)s1. The van der Waals surface area contributed by atoms with E-state index in [0.29, 0.717) is 13.1 Å². The number of hydrogen-bond acceptors (Lipinski definition) is 7. The molecule has 0 aliphatic carbocycles. The van der Waals surface area contributed by atoms with Gasteiger partial charge in [0.05, 0.1) is 5.54 Å². The summed E-state index contributed by atoms with van der Waals surface area (Å²) in [5, 5.41) is 4.23. The van der Waals surface area contributed by atoms with E-state index in [1.54, 1.807) is 25.2 Å². The zero-order valence-electron chi connectivity index (χ0n) is 17.9. The Labute approximate surface area is 177 Å². The molecule has 1 fully saturated rings. The Balaban J connectivity index is 1.71. The maximum absolute atomic E-state index is 12.4. The number of hydrogen-bond donors (Lipinski definition) is 2. The fraction of sp³-hybridized carbons (Fsp3) is 0.619. The molecule has 1 aliphatic rings. The molecule has 1 aliphatic heterocycles. The molecule has 3 heterocycles. The van der Waals surface area contributed by atoms with Crippen LogP contribution in [-0.4, -0.2) is 44.4 Å². The molecule has 2 aromatic heterocycles. The van der Waals surface area contributed by atoms with Gasteiger partial charge in [0.15, 0.2) is 5.13 Å². The number of rotatable bonds is 7. The minimum absolute atomic E-state index is 0.00758. The van der Waals surface area contributed by atoms with Crippen LogP contribution in [-0.2, 0) is 17.6 Å². The maximum Gasteiger partial charge on any atom is 0.242 e. The Morgan fingerprint density at radius 3 is 2.66 bits per heavy atom. The summed E-state index contributed by atoms with van der Waals surface area (Å²) in [4.78, 5) is 29.6. The monoisotopic (exact) mass is 416 g/mol. The van der Waals surface area contributed by atoms with Crippen molar-refractivity contribution in [3.8, 4) is 0 Å². The Hall–Kier alpha value is -2.06. The van der Waals surface area contributed by atoms with Gasteiger partial charge in [-0.05, 0) is 39.5 Å². The number of thiazole rings is 1. The Morgan fingerprint density at radius 2 is 2.03 bits per heavy atom. The van der Waals surface area contributed by atoms with Gasteiger partial charge in [-0.15, -0.1) is 11.3 Å². The van der Waals surface area contributed by atoms with Crippen LogP contribution in [0.25, 0.3) is 0 Å². The molecule has 1 saturated heterocycles. The van der Waals surface area contributed by atoms with Gasteiger partial charge in [-0.1, -0.05) is 20.3 Å². The van der Waals surface area contributed by atoms with E-state index in [4.69, 9.17) is 15.7 Å². The highest BCUT2D eigenvalue weighted by molar-refractivity contribution is 7.15. The van der Waals surface area contributed by atoms with E-state index in [9.17, 15) is 4.79 Å². The Kier molecular flexibility index (Phi) is 6.85. The largest absolute Gasteiger partial charge is 0.341 e. The van der Waals surface area contributed by atoms with Gasteiger partial charge in [0.2, 0.25) is 5.91 Å². The molecule has 0 unspecified atom stereocenters. The fourth-order valence-corrected chi connectivity index (χ4v) is 4.45. The molecule has 2 aromatic rings. The van der Waals surface area contributed by atoms with Crippen LogP contribution in [0.15, 0.2) is 12.3 Å². The number of piperidine rings is 1. The first-order chi connectivity index (χ1) is 13.8. The third-order valence-corrected chi connectivity index (χ3v) is 6.11. The first-order valence-corrected chi connectivity index (χ1v) is 11.3. The topological polar surface area (TPSA) is 97.0 Å². The molecule has 0 spiro atoms. The van der Waals surface area contributed by atoms with Crippen LogP contribution < -0.4 is 11.1 Å². The zero-order chi connectivity index (χ0) is 21.0. The van der Waals surface area contributed by atoms with Gasteiger partial charge < -0.3 is 16.0 Å². The molecule has 0 radical (unpaired) electrons. The van der Waals surface area contributed by atoms with E-state index in [-0.39, 0.29) is 11.8 Å². The summed E-state index contributed by atoms with van der Waals surface area (Å²) in [5.41, 5.74) is 6.17. The molecule has 0 atom stereocenters. The summed E-state index contributed by atoms with van der Waals surface area (Å²) in [6, 6.07) is 2.00. The Bertz CT molecular complexity index is 836. The molecule has 0 saturated carbocycles. The van der Waals surface area contributed by atoms with Crippen molar-refractivity contribution < 1.29 is 4.79 Å². The van der Waals surface area contributed by atoms with E-state index in [0.717, 1.165) is 54.6 Å². The number of aromatic nitrogens is 3. The van der Waals surface area contributed by atoms with Crippen LogP contribution in [0.4, 0.5) is 10.9 Å². The van der Waals surface area contributed by atoms with Crippen LogP contribution >= 0.6 is 11.3 Å². The third kappa shape index (κ3) is 5.51. The average Bonchev–Trinajstić information content (AvgIpc) is 3.13. The van der Waals surface area contributed by atoms with E-state index < -0.39 is 5.54 Å². The number of aryl methyl sites for hydroxylation is 2. The lowest BCUT2D eigenvalue weighted by Gasteiger charge is -2.35. The number of anilines is 2. The van der Waals surface area contributed by atoms with Gasteiger partial charge in [-0.3, -0.25) is 4.79 Å². The first kappa shape index (κ1) is 21.6. The zero-order valence-corrected chi connectivity index (χ0v) is 18.7. The van der Waals surface area contributed by atoms with Gasteiger partial charge in [-0.2, -0.15) is 0 Å².